The number of para-hydroxylation sites is 1. The van der Waals surface area contributed by atoms with Crippen molar-refractivity contribution < 1.29 is 5.11 Å². The number of hydrogen-bond donors (Lipinski definition) is 1. The van der Waals surface area contributed by atoms with E-state index >= 15 is 0 Å². The van der Waals surface area contributed by atoms with Crippen LogP contribution in [-0.2, 0) is 6.61 Å². The molecule has 0 radical (unpaired) electrons. The monoisotopic (exact) mass is 225 g/mol. The van der Waals surface area contributed by atoms with E-state index in [9.17, 15) is 5.11 Å². The van der Waals surface area contributed by atoms with Crippen molar-refractivity contribution in [2.45, 2.75) is 6.61 Å². The number of rotatable bonds is 2. The number of fused-ring (bicyclic) bond motifs is 1. The van der Waals surface area contributed by atoms with Crippen LogP contribution in [0.2, 0.25) is 0 Å². The zero-order valence-corrected chi connectivity index (χ0v) is 9.11. The van der Waals surface area contributed by atoms with Crippen LogP contribution < -0.4 is 0 Å². The third kappa shape index (κ3) is 1.68. The van der Waals surface area contributed by atoms with Crippen molar-refractivity contribution in [2.24, 2.45) is 0 Å². The summed E-state index contributed by atoms with van der Waals surface area (Å²) < 4.78 is 1.82. The van der Waals surface area contributed by atoms with Crippen molar-refractivity contribution in [1.82, 2.24) is 14.5 Å². The molecular formula is C13H11N3O. The van der Waals surface area contributed by atoms with Gasteiger partial charge < -0.3 is 5.11 Å². The minimum absolute atomic E-state index is 0.00469. The zero-order chi connectivity index (χ0) is 11.7. The van der Waals surface area contributed by atoms with Crippen LogP contribution in [0.4, 0.5) is 0 Å². The molecule has 0 spiro atoms. The van der Waals surface area contributed by atoms with Gasteiger partial charge in [-0.2, -0.15) is 0 Å². The maximum Gasteiger partial charge on any atom is 0.138 e. The topological polar surface area (TPSA) is 50.9 Å². The molecule has 2 heterocycles. The summed E-state index contributed by atoms with van der Waals surface area (Å²) in [5, 5.41) is 10.4. The Morgan fingerprint density at radius 2 is 2.12 bits per heavy atom. The SMILES string of the molecule is OCc1cc(-n2ccnc2)nc2ccccc12. The predicted octanol–water partition coefficient (Wildman–Crippen LogP) is 1.91. The van der Waals surface area contributed by atoms with Gasteiger partial charge in [0, 0.05) is 17.8 Å². The van der Waals surface area contributed by atoms with E-state index in [0.29, 0.717) is 0 Å². The quantitative estimate of drug-likeness (QED) is 0.724. The Labute approximate surface area is 98.2 Å². The molecule has 84 valence electrons. The molecule has 0 saturated carbocycles. The molecule has 0 atom stereocenters. The molecule has 0 aliphatic rings. The number of aliphatic hydroxyl groups excluding tert-OH is 1. The van der Waals surface area contributed by atoms with Gasteiger partial charge in [0.1, 0.15) is 12.1 Å². The predicted molar refractivity (Wildman–Crippen MR) is 64.8 cm³/mol. The van der Waals surface area contributed by atoms with Gasteiger partial charge in [-0.1, -0.05) is 18.2 Å². The molecule has 4 nitrogen and oxygen atoms in total. The van der Waals surface area contributed by atoms with Gasteiger partial charge in [0.25, 0.3) is 0 Å². The highest BCUT2D eigenvalue weighted by Crippen LogP contribution is 2.20. The summed E-state index contributed by atoms with van der Waals surface area (Å²) in [5.41, 5.74) is 1.75. The lowest BCUT2D eigenvalue weighted by Crippen LogP contribution is -1.98. The highest BCUT2D eigenvalue weighted by Gasteiger charge is 2.05. The summed E-state index contributed by atoms with van der Waals surface area (Å²) in [6.45, 7) is 0.00469. The van der Waals surface area contributed by atoms with E-state index in [4.69, 9.17) is 0 Å². The molecule has 4 heteroatoms. The molecule has 0 aliphatic heterocycles. The van der Waals surface area contributed by atoms with E-state index in [0.717, 1.165) is 22.3 Å². The Kier molecular flexibility index (Phi) is 2.34. The molecule has 0 amide bonds. The first-order chi connectivity index (χ1) is 8.38. The average molecular weight is 225 g/mol. The minimum atomic E-state index is 0.00469. The lowest BCUT2D eigenvalue weighted by atomic mass is 10.1. The number of aromatic nitrogens is 3. The normalized spacial score (nSPS) is 10.9. The highest BCUT2D eigenvalue weighted by molar-refractivity contribution is 5.83. The molecule has 3 aromatic rings. The zero-order valence-electron chi connectivity index (χ0n) is 9.11. The van der Waals surface area contributed by atoms with Gasteiger partial charge in [-0.05, 0) is 17.7 Å². The van der Waals surface area contributed by atoms with Gasteiger partial charge in [0.05, 0.1) is 12.1 Å². The Morgan fingerprint density at radius 1 is 1.24 bits per heavy atom. The molecule has 1 aromatic carbocycles. The van der Waals surface area contributed by atoms with Crippen molar-refractivity contribution in [1.29, 1.82) is 0 Å². The Bertz CT molecular complexity index is 647. The number of nitrogens with zero attached hydrogens (tertiary/aromatic N) is 3. The number of pyridine rings is 1. The van der Waals surface area contributed by atoms with Crippen molar-refractivity contribution in [3.05, 3.63) is 54.6 Å². The van der Waals surface area contributed by atoms with Gasteiger partial charge in [-0.15, -0.1) is 0 Å². The van der Waals surface area contributed by atoms with Crippen LogP contribution in [0, 0.1) is 0 Å². The average Bonchev–Trinajstić information content (AvgIpc) is 2.91. The van der Waals surface area contributed by atoms with Gasteiger partial charge in [-0.25, -0.2) is 9.97 Å². The lowest BCUT2D eigenvalue weighted by molar-refractivity contribution is 0.283. The smallest absolute Gasteiger partial charge is 0.138 e. The number of hydrogen-bond acceptors (Lipinski definition) is 3. The van der Waals surface area contributed by atoms with Gasteiger partial charge in [0.15, 0.2) is 0 Å². The Hall–Kier alpha value is -2.20. The molecule has 0 fully saturated rings. The molecule has 3 rings (SSSR count). The maximum absolute atomic E-state index is 9.40. The third-order valence-corrected chi connectivity index (χ3v) is 2.73. The van der Waals surface area contributed by atoms with Gasteiger partial charge >= 0.3 is 0 Å². The summed E-state index contributed by atoms with van der Waals surface area (Å²) >= 11 is 0. The van der Waals surface area contributed by atoms with E-state index in [-0.39, 0.29) is 6.61 Å². The number of benzene rings is 1. The maximum atomic E-state index is 9.40. The molecule has 0 unspecified atom stereocenters. The first-order valence-electron chi connectivity index (χ1n) is 5.36. The van der Waals surface area contributed by atoms with Gasteiger partial charge in [0.2, 0.25) is 0 Å². The first kappa shape index (κ1) is 9.99. The van der Waals surface area contributed by atoms with E-state index in [1.807, 2.05) is 41.1 Å². The molecule has 0 aliphatic carbocycles. The first-order valence-corrected chi connectivity index (χ1v) is 5.36. The van der Waals surface area contributed by atoms with Crippen molar-refractivity contribution in [3.8, 4) is 5.82 Å². The second-order valence-electron chi connectivity index (χ2n) is 3.78. The van der Waals surface area contributed by atoms with E-state index in [1.54, 1.807) is 12.5 Å². The van der Waals surface area contributed by atoms with Crippen LogP contribution in [0.25, 0.3) is 16.7 Å². The van der Waals surface area contributed by atoms with Crippen LogP contribution in [0.5, 0.6) is 0 Å². The molecule has 17 heavy (non-hydrogen) atoms. The van der Waals surface area contributed by atoms with Crippen molar-refractivity contribution >= 4 is 10.9 Å². The fraction of sp³-hybridized carbons (Fsp3) is 0.0769. The largest absolute Gasteiger partial charge is 0.392 e. The third-order valence-electron chi connectivity index (χ3n) is 2.73. The minimum Gasteiger partial charge on any atom is -0.392 e. The summed E-state index contributed by atoms with van der Waals surface area (Å²) in [4.78, 5) is 8.53. The molecule has 1 N–H and O–H groups in total. The Balaban J connectivity index is 2.28. The van der Waals surface area contributed by atoms with Crippen LogP contribution >= 0.6 is 0 Å². The van der Waals surface area contributed by atoms with Crippen LogP contribution in [0.3, 0.4) is 0 Å². The standard InChI is InChI=1S/C13H11N3O/c17-8-10-7-13(16-6-5-14-9-16)15-12-4-2-1-3-11(10)12/h1-7,9,17H,8H2. The second-order valence-corrected chi connectivity index (χ2v) is 3.78. The van der Waals surface area contributed by atoms with E-state index in [2.05, 4.69) is 9.97 Å². The summed E-state index contributed by atoms with van der Waals surface area (Å²) in [5.74, 6) is 0.769. The summed E-state index contributed by atoms with van der Waals surface area (Å²) in [7, 11) is 0. The van der Waals surface area contributed by atoms with Crippen molar-refractivity contribution in [3.63, 3.8) is 0 Å². The lowest BCUT2D eigenvalue weighted by Gasteiger charge is -2.07. The van der Waals surface area contributed by atoms with Crippen LogP contribution in [-0.4, -0.2) is 19.6 Å². The fourth-order valence-electron chi connectivity index (χ4n) is 1.89. The highest BCUT2D eigenvalue weighted by atomic mass is 16.3. The summed E-state index contributed by atoms with van der Waals surface area (Å²) in [6, 6.07) is 9.67. The van der Waals surface area contributed by atoms with Gasteiger partial charge in [-0.3, -0.25) is 4.57 Å². The van der Waals surface area contributed by atoms with Crippen LogP contribution in [0.15, 0.2) is 49.1 Å². The summed E-state index contributed by atoms with van der Waals surface area (Å²) in [6.07, 6.45) is 5.23. The van der Waals surface area contributed by atoms with Crippen LogP contribution in [0.1, 0.15) is 5.56 Å². The van der Waals surface area contributed by atoms with E-state index in [1.165, 1.54) is 0 Å². The number of aliphatic hydroxyl groups is 1. The molecule has 0 saturated heterocycles. The second kappa shape index (κ2) is 3.99. The molecular weight excluding hydrogens is 214 g/mol. The molecule has 0 bridgehead atoms. The van der Waals surface area contributed by atoms with Crippen molar-refractivity contribution in [2.75, 3.05) is 0 Å². The Morgan fingerprint density at radius 3 is 2.88 bits per heavy atom. The van der Waals surface area contributed by atoms with E-state index < -0.39 is 0 Å². The molecule has 2 aromatic heterocycles. The fourth-order valence-corrected chi connectivity index (χ4v) is 1.89. The number of imidazole rings is 1.